The van der Waals surface area contributed by atoms with Crippen molar-refractivity contribution in [2.24, 2.45) is 7.05 Å². The molecule has 0 radical (unpaired) electrons. The minimum atomic E-state index is -0.0747. The second-order valence-electron chi connectivity index (χ2n) is 8.31. The monoisotopic (exact) mass is 408 g/mol. The van der Waals surface area contributed by atoms with Crippen LogP contribution in [0.1, 0.15) is 31.0 Å². The van der Waals surface area contributed by atoms with Gasteiger partial charge in [-0.15, -0.1) is 0 Å². The molecule has 30 heavy (non-hydrogen) atoms. The van der Waals surface area contributed by atoms with Gasteiger partial charge >= 0.3 is 0 Å². The maximum atomic E-state index is 11.5. The van der Waals surface area contributed by atoms with Gasteiger partial charge in [-0.2, -0.15) is 5.10 Å². The number of likely N-dealkylation sites (tertiary alicyclic amines) is 1. The van der Waals surface area contributed by atoms with Gasteiger partial charge in [0.15, 0.2) is 0 Å². The lowest BCUT2D eigenvalue weighted by atomic mass is 10.1. The Kier molecular flexibility index (Phi) is 5.31. The number of benzene rings is 1. The van der Waals surface area contributed by atoms with Crippen LogP contribution in [0.3, 0.4) is 0 Å². The average Bonchev–Trinajstić information content (AvgIpc) is 3.42. The van der Waals surface area contributed by atoms with Crippen molar-refractivity contribution in [3.63, 3.8) is 0 Å². The van der Waals surface area contributed by atoms with E-state index in [4.69, 9.17) is 9.47 Å². The molecule has 158 valence electrons. The van der Waals surface area contributed by atoms with E-state index in [0.29, 0.717) is 6.04 Å². The maximum Gasteiger partial charge on any atom is 0.266 e. The predicted molar refractivity (Wildman–Crippen MR) is 115 cm³/mol. The summed E-state index contributed by atoms with van der Waals surface area (Å²) in [5.41, 5.74) is 2.08. The molecule has 7 nitrogen and oxygen atoms in total. The smallest absolute Gasteiger partial charge is 0.266 e. The largest absolute Gasteiger partial charge is 0.490 e. The molecule has 1 atom stereocenters. The van der Waals surface area contributed by atoms with E-state index in [1.165, 1.54) is 15.6 Å². The Balaban J connectivity index is 1.22. The van der Waals surface area contributed by atoms with E-state index in [1.54, 1.807) is 13.1 Å². The Morgan fingerprint density at radius 3 is 2.77 bits per heavy atom. The molecule has 0 N–H and O–H groups in total. The van der Waals surface area contributed by atoms with E-state index in [0.717, 1.165) is 63.6 Å². The molecular weight excluding hydrogens is 380 g/mol. The Hall–Kier alpha value is -2.64. The number of rotatable bonds is 5. The maximum absolute atomic E-state index is 11.5. The van der Waals surface area contributed by atoms with Crippen LogP contribution in [0.15, 0.2) is 47.4 Å². The lowest BCUT2D eigenvalue weighted by molar-refractivity contribution is 0.0969. The van der Waals surface area contributed by atoms with Crippen molar-refractivity contribution in [3.05, 3.63) is 58.6 Å². The fraction of sp³-hybridized carbons (Fsp3) is 0.478. The van der Waals surface area contributed by atoms with Crippen molar-refractivity contribution >= 4 is 10.9 Å². The van der Waals surface area contributed by atoms with E-state index < -0.39 is 0 Å². The van der Waals surface area contributed by atoms with Crippen molar-refractivity contribution in [3.8, 4) is 5.75 Å². The van der Waals surface area contributed by atoms with Crippen molar-refractivity contribution in [2.45, 2.75) is 38.0 Å². The summed E-state index contributed by atoms with van der Waals surface area (Å²) in [6.45, 7) is 4.32. The molecule has 7 heteroatoms. The molecule has 0 aliphatic carbocycles. The summed E-state index contributed by atoms with van der Waals surface area (Å²) >= 11 is 0. The zero-order valence-corrected chi connectivity index (χ0v) is 17.4. The third kappa shape index (κ3) is 3.87. The van der Waals surface area contributed by atoms with E-state index >= 15 is 0 Å². The fourth-order valence-electron chi connectivity index (χ4n) is 4.55. The molecule has 2 fully saturated rings. The van der Waals surface area contributed by atoms with Gasteiger partial charge in [0.2, 0.25) is 0 Å². The van der Waals surface area contributed by atoms with Crippen molar-refractivity contribution in [1.82, 2.24) is 19.2 Å². The van der Waals surface area contributed by atoms with Crippen LogP contribution in [-0.4, -0.2) is 51.7 Å². The van der Waals surface area contributed by atoms with Gasteiger partial charge in [-0.25, -0.2) is 4.68 Å². The predicted octanol–water partition coefficient (Wildman–Crippen LogP) is 2.74. The zero-order valence-electron chi connectivity index (χ0n) is 17.4. The van der Waals surface area contributed by atoms with Gasteiger partial charge in [-0.3, -0.25) is 9.69 Å². The minimum Gasteiger partial charge on any atom is -0.490 e. The van der Waals surface area contributed by atoms with Crippen LogP contribution >= 0.6 is 0 Å². The molecule has 0 amide bonds. The number of hydrogen-bond acceptors (Lipinski definition) is 5. The summed E-state index contributed by atoms with van der Waals surface area (Å²) in [7, 11) is 1.69. The molecule has 2 aliphatic heterocycles. The second kappa shape index (κ2) is 8.24. The molecule has 1 aromatic carbocycles. The first-order chi connectivity index (χ1) is 14.7. The SMILES string of the molecule is Cn1nc(CN2CCC(Oc3cccc4c3ccn4C3CCOC3)CC2)ccc1=O. The summed E-state index contributed by atoms with van der Waals surface area (Å²) in [6.07, 6.45) is 5.42. The molecule has 0 spiro atoms. The molecule has 4 heterocycles. The van der Waals surface area contributed by atoms with Gasteiger partial charge in [0.05, 0.1) is 23.9 Å². The van der Waals surface area contributed by atoms with Gasteiger partial charge in [0.1, 0.15) is 11.9 Å². The summed E-state index contributed by atoms with van der Waals surface area (Å²) in [4.78, 5) is 13.9. The number of piperidine rings is 1. The minimum absolute atomic E-state index is 0.0747. The molecule has 0 bridgehead atoms. The highest BCUT2D eigenvalue weighted by Gasteiger charge is 2.23. The van der Waals surface area contributed by atoms with Gasteiger partial charge in [-0.05, 0) is 43.5 Å². The van der Waals surface area contributed by atoms with Gasteiger partial charge < -0.3 is 14.0 Å². The third-order valence-corrected chi connectivity index (χ3v) is 6.25. The third-order valence-electron chi connectivity index (χ3n) is 6.25. The highest BCUT2D eigenvalue weighted by atomic mass is 16.5. The molecule has 0 saturated carbocycles. The molecule has 2 aromatic heterocycles. The van der Waals surface area contributed by atoms with Crippen LogP contribution in [0.5, 0.6) is 5.75 Å². The molecule has 3 aromatic rings. The highest BCUT2D eigenvalue weighted by molar-refractivity contribution is 5.86. The van der Waals surface area contributed by atoms with Crippen molar-refractivity contribution in [2.75, 3.05) is 26.3 Å². The van der Waals surface area contributed by atoms with Gasteiger partial charge in [0.25, 0.3) is 5.56 Å². The molecular formula is C23H28N4O3. The number of nitrogens with zero attached hydrogens (tertiary/aromatic N) is 4. The van der Waals surface area contributed by atoms with Crippen LogP contribution in [0, 0.1) is 0 Å². The van der Waals surface area contributed by atoms with Crippen LogP contribution in [0.25, 0.3) is 10.9 Å². The van der Waals surface area contributed by atoms with E-state index in [9.17, 15) is 4.79 Å². The number of aryl methyl sites for hydroxylation is 1. The summed E-state index contributed by atoms with van der Waals surface area (Å²) in [5, 5.41) is 5.52. The Labute approximate surface area is 175 Å². The average molecular weight is 409 g/mol. The first-order valence-corrected chi connectivity index (χ1v) is 10.8. The van der Waals surface area contributed by atoms with Gasteiger partial charge in [-0.1, -0.05) is 6.07 Å². The van der Waals surface area contributed by atoms with Crippen molar-refractivity contribution in [1.29, 1.82) is 0 Å². The van der Waals surface area contributed by atoms with E-state index in [1.807, 2.05) is 6.07 Å². The summed E-state index contributed by atoms with van der Waals surface area (Å²) in [6, 6.07) is 12.3. The standard InChI is InChI=1S/C23H28N4O3/c1-25-23(28)6-5-17(24-25)15-26-11-7-19(8-12-26)30-22-4-2-3-21-20(22)9-13-27(21)18-10-14-29-16-18/h2-6,9,13,18-19H,7-8,10-12,14-16H2,1H3. The van der Waals surface area contributed by atoms with Crippen LogP contribution in [0.2, 0.25) is 0 Å². The lowest BCUT2D eigenvalue weighted by Crippen LogP contribution is -2.38. The Morgan fingerprint density at radius 1 is 1.13 bits per heavy atom. The first-order valence-electron chi connectivity index (χ1n) is 10.8. The molecule has 1 unspecified atom stereocenters. The normalized spacial score (nSPS) is 20.8. The number of aromatic nitrogens is 3. The zero-order chi connectivity index (χ0) is 20.5. The van der Waals surface area contributed by atoms with E-state index in [-0.39, 0.29) is 11.7 Å². The number of hydrogen-bond donors (Lipinski definition) is 0. The first kappa shape index (κ1) is 19.3. The van der Waals surface area contributed by atoms with Crippen LogP contribution in [0.4, 0.5) is 0 Å². The van der Waals surface area contributed by atoms with Gasteiger partial charge in [0, 0.05) is 50.9 Å². The van der Waals surface area contributed by atoms with E-state index in [2.05, 4.69) is 45.0 Å². The molecule has 5 rings (SSSR count). The Morgan fingerprint density at radius 2 is 2.00 bits per heavy atom. The molecule has 2 aliphatic rings. The van der Waals surface area contributed by atoms with Crippen molar-refractivity contribution < 1.29 is 9.47 Å². The van der Waals surface area contributed by atoms with Crippen LogP contribution < -0.4 is 10.3 Å². The highest BCUT2D eigenvalue weighted by Crippen LogP contribution is 2.32. The summed E-state index contributed by atoms with van der Waals surface area (Å²) in [5.74, 6) is 0.975. The second-order valence-corrected chi connectivity index (χ2v) is 8.31. The lowest BCUT2D eigenvalue weighted by Gasteiger charge is -2.32. The fourth-order valence-corrected chi connectivity index (χ4v) is 4.55. The summed E-state index contributed by atoms with van der Waals surface area (Å²) < 4.78 is 15.7. The number of fused-ring (bicyclic) bond motifs is 1. The number of ether oxygens (including phenoxy) is 2. The quantitative estimate of drug-likeness (QED) is 0.650. The topological polar surface area (TPSA) is 61.5 Å². The van der Waals surface area contributed by atoms with Crippen LogP contribution in [-0.2, 0) is 18.3 Å². The molecule has 2 saturated heterocycles. The Bertz CT molecular complexity index is 1080.